The number of carboxylic acid groups (broad SMARTS) is 1. The minimum atomic E-state index is -2.61. The van der Waals surface area contributed by atoms with Crippen molar-refractivity contribution >= 4 is 6.09 Å². The molecule has 1 aromatic rings. The summed E-state index contributed by atoms with van der Waals surface area (Å²) < 4.78 is 32.1. The Morgan fingerprint density at radius 1 is 1.42 bits per heavy atom. The van der Waals surface area contributed by atoms with Gasteiger partial charge in [-0.05, 0) is 44.2 Å². The third kappa shape index (κ3) is 3.30. The average molecular weight is 340 g/mol. The number of carbonyl (C=O) groups is 1. The van der Waals surface area contributed by atoms with Crippen LogP contribution in [0.15, 0.2) is 12.1 Å². The lowest BCUT2D eigenvalue weighted by molar-refractivity contribution is -0.0379. The van der Waals surface area contributed by atoms with Crippen LogP contribution in [0.3, 0.4) is 0 Å². The molecule has 1 saturated heterocycles. The molecule has 1 aromatic heterocycles. The Hall–Kier alpha value is -1.92. The number of amides is 1. The van der Waals surface area contributed by atoms with Crippen LogP contribution in [-0.4, -0.2) is 40.3 Å². The lowest BCUT2D eigenvalue weighted by Gasteiger charge is -2.52. The van der Waals surface area contributed by atoms with Gasteiger partial charge in [0, 0.05) is 24.2 Å². The zero-order chi connectivity index (χ0) is 17.3. The van der Waals surface area contributed by atoms with E-state index in [4.69, 9.17) is 9.84 Å². The van der Waals surface area contributed by atoms with Crippen molar-refractivity contribution in [2.24, 2.45) is 5.41 Å². The standard InChI is InChI=1S/C17H22F2N2O3/c1-2-11-3-4-13(14(18)19)15(20-11)24-12-5-7-17(8-6-12)9-21(10-17)16(22)23/h3-4,12,14H,2,5-10H2,1H3,(H,22,23). The van der Waals surface area contributed by atoms with Gasteiger partial charge in [-0.2, -0.15) is 0 Å². The van der Waals surface area contributed by atoms with Crippen molar-refractivity contribution in [3.63, 3.8) is 0 Å². The van der Waals surface area contributed by atoms with Crippen molar-refractivity contribution in [1.82, 2.24) is 9.88 Å². The lowest BCUT2D eigenvalue weighted by atomic mass is 9.68. The molecule has 24 heavy (non-hydrogen) atoms. The van der Waals surface area contributed by atoms with Crippen LogP contribution in [0.25, 0.3) is 0 Å². The van der Waals surface area contributed by atoms with Crippen LogP contribution < -0.4 is 4.74 Å². The van der Waals surface area contributed by atoms with E-state index in [1.54, 1.807) is 6.07 Å². The van der Waals surface area contributed by atoms with E-state index >= 15 is 0 Å². The van der Waals surface area contributed by atoms with Gasteiger partial charge in [0.1, 0.15) is 6.10 Å². The molecule has 2 aliphatic rings. The normalized spacial score (nSPS) is 20.2. The van der Waals surface area contributed by atoms with Crippen molar-refractivity contribution in [2.75, 3.05) is 13.1 Å². The Labute approximate surface area is 139 Å². The fourth-order valence-corrected chi connectivity index (χ4v) is 3.64. The number of alkyl halides is 2. The van der Waals surface area contributed by atoms with E-state index in [9.17, 15) is 13.6 Å². The molecule has 2 heterocycles. The van der Waals surface area contributed by atoms with Gasteiger partial charge in [-0.25, -0.2) is 18.6 Å². The molecule has 0 radical (unpaired) electrons. The number of nitrogens with zero attached hydrogens (tertiary/aromatic N) is 2. The minimum absolute atomic E-state index is 0.0473. The van der Waals surface area contributed by atoms with E-state index in [2.05, 4.69) is 4.98 Å². The second-order valence-corrected chi connectivity index (χ2v) is 6.81. The molecule has 1 aliphatic carbocycles. The maximum Gasteiger partial charge on any atom is 0.407 e. The van der Waals surface area contributed by atoms with Crippen molar-refractivity contribution in [3.8, 4) is 5.88 Å². The first-order valence-corrected chi connectivity index (χ1v) is 8.35. The lowest BCUT2D eigenvalue weighted by Crippen LogP contribution is -2.59. The highest BCUT2D eigenvalue weighted by molar-refractivity contribution is 5.66. The highest BCUT2D eigenvalue weighted by Gasteiger charge is 2.47. The van der Waals surface area contributed by atoms with Gasteiger partial charge in [0.05, 0.1) is 5.56 Å². The van der Waals surface area contributed by atoms with Crippen LogP contribution in [0.2, 0.25) is 0 Å². The van der Waals surface area contributed by atoms with Crippen molar-refractivity contribution in [2.45, 2.75) is 51.6 Å². The monoisotopic (exact) mass is 340 g/mol. The number of hydrogen-bond donors (Lipinski definition) is 1. The summed E-state index contributed by atoms with van der Waals surface area (Å²) in [6.45, 7) is 3.06. The molecule has 132 valence electrons. The fraction of sp³-hybridized carbons (Fsp3) is 0.647. The Balaban J connectivity index is 1.61. The smallest absolute Gasteiger partial charge is 0.407 e. The molecular weight excluding hydrogens is 318 g/mol. The Morgan fingerprint density at radius 2 is 2.08 bits per heavy atom. The predicted molar refractivity (Wildman–Crippen MR) is 83.5 cm³/mol. The van der Waals surface area contributed by atoms with Crippen LogP contribution in [0.1, 0.15) is 50.3 Å². The van der Waals surface area contributed by atoms with Crippen LogP contribution in [0, 0.1) is 5.41 Å². The number of ether oxygens (including phenoxy) is 1. The molecule has 7 heteroatoms. The van der Waals surface area contributed by atoms with E-state index in [1.165, 1.54) is 11.0 Å². The van der Waals surface area contributed by atoms with E-state index in [0.29, 0.717) is 19.5 Å². The molecule has 1 aliphatic heterocycles. The first-order valence-electron chi connectivity index (χ1n) is 8.35. The van der Waals surface area contributed by atoms with Gasteiger partial charge in [-0.1, -0.05) is 6.92 Å². The third-order valence-electron chi connectivity index (χ3n) is 5.14. The average Bonchev–Trinajstić information content (AvgIpc) is 2.53. The Morgan fingerprint density at radius 3 is 2.62 bits per heavy atom. The number of hydrogen-bond acceptors (Lipinski definition) is 3. The number of halogens is 2. The highest BCUT2D eigenvalue weighted by atomic mass is 19.3. The number of likely N-dealkylation sites (tertiary alicyclic amines) is 1. The van der Waals surface area contributed by atoms with Gasteiger partial charge in [0.2, 0.25) is 5.88 Å². The van der Waals surface area contributed by atoms with Crippen LogP contribution in [0.5, 0.6) is 5.88 Å². The van der Waals surface area contributed by atoms with Crippen molar-refractivity contribution < 1.29 is 23.4 Å². The molecule has 1 N–H and O–H groups in total. The Bertz CT molecular complexity index is 608. The summed E-state index contributed by atoms with van der Waals surface area (Å²) in [7, 11) is 0. The number of aryl methyl sites for hydroxylation is 1. The van der Waals surface area contributed by atoms with Crippen molar-refractivity contribution in [1.29, 1.82) is 0 Å². The van der Waals surface area contributed by atoms with Crippen LogP contribution in [-0.2, 0) is 6.42 Å². The topological polar surface area (TPSA) is 62.7 Å². The summed E-state index contributed by atoms with van der Waals surface area (Å²) in [6, 6.07) is 3.01. The zero-order valence-electron chi connectivity index (χ0n) is 13.7. The molecule has 5 nitrogen and oxygen atoms in total. The van der Waals surface area contributed by atoms with E-state index in [1.807, 2.05) is 6.92 Å². The highest BCUT2D eigenvalue weighted by Crippen LogP contribution is 2.44. The zero-order valence-corrected chi connectivity index (χ0v) is 13.7. The summed E-state index contributed by atoms with van der Waals surface area (Å²) in [5.41, 5.74) is 0.633. The first-order chi connectivity index (χ1) is 11.4. The molecule has 0 unspecified atom stereocenters. The van der Waals surface area contributed by atoms with Crippen LogP contribution >= 0.6 is 0 Å². The second-order valence-electron chi connectivity index (χ2n) is 6.81. The maximum absolute atomic E-state index is 13.1. The van der Waals surface area contributed by atoms with E-state index < -0.39 is 12.5 Å². The molecule has 1 saturated carbocycles. The summed E-state index contributed by atoms with van der Waals surface area (Å²) in [4.78, 5) is 16.5. The molecule has 1 amide bonds. The maximum atomic E-state index is 13.1. The quantitative estimate of drug-likeness (QED) is 0.903. The van der Waals surface area contributed by atoms with Crippen LogP contribution in [0.4, 0.5) is 13.6 Å². The van der Waals surface area contributed by atoms with Gasteiger partial charge in [-0.15, -0.1) is 0 Å². The van der Waals surface area contributed by atoms with E-state index in [0.717, 1.165) is 31.4 Å². The molecule has 3 rings (SSSR count). The molecule has 0 atom stereocenters. The minimum Gasteiger partial charge on any atom is -0.474 e. The second kappa shape index (κ2) is 6.53. The summed E-state index contributed by atoms with van der Waals surface area (Å²) in [5.74, 6) is 0.0473. The largest absolute Gasteiger partial charge is 0.474 e. The number of pyridine rings is 1. The SMILES string of the molecule is CCc1ccc(C(F)F)c(OC2CCC3(CC2)CN(C(=O)O)C3)n1. The van der Waals surface area contributed by atoms with Crippen molar-refractivity contribution in [3.05, 3.63) is 23.4 Å². The van der Waals surface area contributed by atoms with Gasteiger partial charge in [-0.3, -0.25) is 0 Å². The number of aromatic nitrogens is 1. The number of rotatable bonds is 4. The third-order valence-corrected chi connectivity index (χ3v) is 5.14. The fourth-order valence-electron chi connectivity index (χ4n) is 3.64. The summed E-state index contributed by atoms with van der Waals surface area (Å²) in [6.07, 6.45) is 0.260. The predicted octanol–water partition coefficient (Wildman–Crippen LogP) is 3.88. The molecular formula is C17H22F2N2O3. The van der Waals surface area contributed by atoms with Gasteiger partial charge in [0.25, 0.3) is 6.43 Å². The van der Waals surface area contributed by atoms with Gasteiger partial charge >= 0.3 is 6.09 Å². The summed E-state index contributed by atoms with van der Waals surface area (Å²) in [5, 5.41) is 8.95. The van der Waals surface area contributed by atoms with Gasteiger partial charge < -0.3 is 14.7 Å². The molecule has 0 aromatic carbocycles. The molecule has 1 spiro atoms. The summed E-state index contributed by atoms with van der Waals surface area (Å²) >= 11 is 0. The van der Waals surface area contributed by atoms with E-state index in [-0.39, 0.29) is 23.0 Å². The Kier molecular flexibility index (Phi) is 4.60. The molecule has 2 fully saturated rings. The van der Waals surface area contributed by atoms with Gasteiger partial charge in [0.15, 0.2) is 0 Å². The first kappa shape index (κ1) is 16.9. The molecule has 0 bridgehead atoms.